The average molecular weight is 239 g/mol. The third-order valence-electron chi connectivity index (χ3n) is 1.34. The molecule has 0 radical (unpaired) electrons. The van der Waals surface area contributed by atoms with E-state index in [4.69, 9.17) is 5.53 Å². The van der Waals surface area contributed by atoms with Crippen LogP contribution in [0, 0.1) is 0 Å². The van der Waals surface area contributed by atoms with Crippen molar-refractivity contribution in [1.29, 1.82) is 0 Å². The summed E-state index contributed by atoms with van der Waals surface area (Å²) >= 11 is 3.23. The molecule has 1 aromatic rings. The molecule has 0 aromatic heterocycles. The lowest BCUT2D eigenvalue weighted by Gasteiger charge is -1.96. The zero-order valence-electron chi connectivity index (χ0n) is 6.51. The van der Waals surface area contributed by atoms with E-state index in [1.165, 1.54) is 0 Å². The van der Waals surface area contributed by atoms with Gasteiger partial charge in [0, 0.05) is 10.0 Å². The second-order valence-corrected chi connectivity index (χ2v) is 3.12. The monoisotopic (exact) mass is 238 g/mol. The van der Waals surface area contributed by atoms with Crippen molar-refractivity contribution >= 4 is 27.9 Å². The number of carbonyl (C=O) groups is 1. The number of carbonyl (C=O) groups excluding carboxylic acids is 1. The van der Waals surface area contributed by atoms with Crippen LogP contribution in [-0.2, 0) is 0 Å². The predicted molar refractivity (Wildman–Crippen MR) is 52.8 cm³/mol. The highest BCUT2D eigenvalue weighted by atomic mass is 79.9. The molecule has 4 nitrogen and oxygen atoms in total. The summed E-state index contributed by atoms with van der Waals surface area (Å²) < 4.78 is 0.813. The van der Waals surface area contributed by atoms with Gasteiger partial charge in [0.1, 0.15) is 0 Å². The van der Waals surface area contributed by atoms with Gasteiger partial charge in [-0.05, 0) is 18.3 Å². The van der Waals surface area contributed by atoms with E-state index in [0.29, 0.717) is 5.56 Å². The van der Waals surface area contributed by atoms with Crippen LogP contribution in [0.25, 0.3) is 5.53 Å². The van der Waals surface area contributed by atoms with Gasteiger partial charge in [-0.25, -0.2) is 0 Å². The van der Waals surface area contributed by atoms with Crippen LogP contribution in [-0.4, -0.2) is 12.0 Å². The largest absolute Gasteiger partial charge is 0.362 e. The lowest BCUT2D eigenvalue weighted by molar-refractivity contribution is 0.107. The average Bonchev–Trinajstić information content (AvgIpc) is 2.14. The molecule has 1 aromatic carbocycles. The SMILES string of the molecule is [N-]=NN=CC(=O)c1cccc(Br)c1. The van der Waals surface area contributed by atoms with Gasteiger partial charge in [0.2, 0.25) is 0 Å². The molecule has 0 aliphatic rings. The van der Waals surface area contributed by atoms with Crippen molar-refractivity contribution in [3.8, 4) is 0 Å². The van der Waals surface area contributed by atoms with Gasteiger partial charge in [-0.2, -0.15) is 0 Å². The molecule has 0 heterocycles. The van der Waals surface area contributed by atoms with Crippen LogP contribution in [0.4, 0.5) is 0 Å². The summed E-state index contributed by atoms with van der Waals surface area (Å²) in [6.07, 6.45) is 0.946. The fourth-order valence-corrected chi connectivity index (χ4v) is 1.19. The zero-order chi connectivity index (χ0) is 9.68. The first kappa shape index (κ1) is 9.73. The number of ketones is 1. The van der Waals surface area contributed by atoms with Crippen LogP contribution in [0.15, 0.2) is 39.1 Å². The van der Waals surface area contributed by atoms with Crippen molar-refractivity contribution in [2.75, 3.05) is 0 Å². The summed E-state index contributed by atoms with van der Waals surface area (Å²) in [6.45, 7) is 0. The molecule has 0 atom stereocenters. The quantitative estimate of drug-likeness (QED) is 0.346. The van der Waals surface area contributed by atoms with E-state index in [1.807, 2.05) is 6.07 Å². The maximum absolute atomic E-state index is 11.2. The van der Waals surface area contributed by atoms with Crippen molar-refractivity contribution in [1.82, 2.24) is 0 Å². The zero-order valence-corrected chi connectivity index (χ0v) is 8.10. The number of Topliss-reactive ketones (excluding diaryl/α,β-unsaturated/α-hetero) is 1. The molecule has 66 valence electrons. The molecular formula is C8H5BrN3O-. The van der Waals surface area contributed by atoms with E-state index in [9.17, 15) is 4.79 Å². The fraction of sp³-hybridized carbons (Fsp3) is 0. The molecule has 0 bridgehead atoms. The van der Waals surface area contributed by atoms with E-state index < -0.39 is 0 Å². The Morgan fingerprint density at radius 3 is 2.92 bits per heavy atom. The van der Waals surface area contributed by atoms with Crippen LogP contribution in [0.5, 0.6) is 0 Å². The Bertz CT molecular complexity index is 362. The normalized spacial score (nSPS) is 10.2. The Morgan fingerprint density at radius 1 is 1.54 bits per heavy atom. The number of nitrogens with zero attached hydrogens (tertiary/aromatic N) is 3. The second kappa shape index (κ2) is 4.61. The summed E-state index contributed by atoms with van der Waals surface area (Å²) in [7, 11) is 0. The molecule has 0 aliphatic carbocycles. The molecule has 0 aliphatic heterocycles. The summed E-state index contributed by atoms with van der Waals surface area (Å²) in [6, 6.07) is 6.85. The first-order chi connectivity index (χ1) is 6.24. The molecule has 0 spiro atoms. The summed E-state index contributed by atoms with van der Waals surface area (Å²) in [5.74, 6) is -0.306. The van der Waals surface area contributed by atoms with Crippen LogP contribution in [0.3, 0.4) is 0 Å². The third kappa shape index (κ3) is 2.87. The minimum atomic E-state index is -0.306. The van der Waals surface area contributed by atoms with Gasteiger partial charge >= 0.3 is 0 Å². The smallest absolute Gasteiger partial charge is 0.183 e. The summed E-state index contributed by atoms with van der Waals surface area (Å²) in [4.78, 5) is 11.2. The molecule has 0 amide bonds. The van der Waals surface area contributed by atoms with Crippen LogP contribution in [0.2, 0.25) is 0 Å². The minimum Gasteiger partial charge on any atom is -0.362 e. The minimum absolute atomic E-state index is 0.306. The van der Waals surface area contributed by atoms with E-state index in [-0.39, 0.29) is 5.78 Å². The molecule has 0 fully saturated rings. The molecule has 0 saturated carbocycles. The number of hydrogen-bond acceptors (Lipinski definition) is 2. The Labute approximate surface area is 83.3 Å². The molecule has 1 rings (SSSR count). The van der Waals surface area contributed by atoms with Crippen LogP contribution >= 0.6 is 15.9 Å². The van der Waals surface area contributed by atoms with Gasteiger partial charge in [-0.1, -0.05) is 28.1 Å². The Morgan fingerprint density at radius 2 is 2.31 bits per heavy atom. The van der Waals surface area contributed by atoms with Gasteiger partial charge in [0.25, 0.3) is 0 Å². The highest BCUT2D eigenvalue weighted by molar-refractivity contribution is 9.10. The molecule has 0 saturated heterocycles. The summed E-state index contributed by atoms with van der Waals surface area (Å²) in [5.41, 5.74) is 8.47. The van der Waals surface area contributed by atoms with Gasteiger partial charge < -0.3 is 10.6 Å². The molecular weight excluding hydrogens is 234 g/mol. The maximum Gasteiger partial charge on any atom is 0.183 e. The van der Waals surface area contributed by atoms with E-state index in [0.717, 1.165) is 10.7 Å². The fourth-order valence-electron chi connectivity index (χ4n) is 0.795. The number of rotatable bonds is 3. The third-order valence-corrected chi connectivity index (χ3v) is 1.83. The second-order valence-electron chi connectivity index (χ2n) is 2.21. The predicted octanol–water partition coefficient (Wildman–Crippen LogP) is 2.64. The van der Waals surface area contributed by atoms with E-state index in [2.05, 4.69) is 26.3 Å². The van der Waals surface area contributed by atoms with Crippen molar-refractivity contribution < 1.29 is 4.79 Å². The van der Waals surface area contributed by atoms with Crippen LogP contribution in [0.1, 0.15) is 10.4 Å². The van der Waals surface area contributed by atoms with Gasteiger partial charge in [0.15, 0.2) is 5.78 Å². The van der Waals surface area contributed by atoms with Crippen molar-refractivity contribution in [3.63, 3.8) is 0 Å². The lowest BCUT2D eigenvalue weighted by atomic mass is 10.1. The number of halogens is 1. The summed E-state index contributed by atoms with van der Waals surface area (Å²) in [5, 5.41) is 5.53. The van der Waals surface area contributed by atoms with E-state index >= 15 is 0 Å². The van der Waals surface area contributed by atoms with Gasteiger partial charge in [-0.3, -0.25) is 10.0 Å². The van der Waals surface area contributed by atoms with Crippen molar-refractivity contribution in [3.05, 3.63) is 39.8 Å². The van der Waals surface area contributed by atoms with Gasteiger partial charge in [-0.15, -0.1) is 0 Å². The molecule has 0 N–H and O–H groups in total. The first-order valence-corrected chi connectivity index (χ1v) is 4.20. The Kier molecular flexibility index (Phi) is 3.45. The topological polar surface area (TPSA) is 64.1 Å². The van der Waals surface area contributed by atoms with Crippen molar-refractivity contribution in [2.24, 2.45) is 10.3 Å². The van der Waals surface area contributed by atoms with Gasteiger partial charge in [0.05, 0.1) is 0 Å². The number of benzene rings is 1. The molecule has 0 unspecified atom stereocenters. The highest BCUT2D eigenvalue weighted by Gasteiger charge is 1.99. The maximum atomic E-state index is 11.2. The Hall–Kier alpha value is -1.36. The standard InChI is InChI=1S/C8H5BrN3O/c9-7-3-1-2-6(4-7)8(13)5-11-12-10/h1-5H/q-1. The van der Waals surface area contributed by atoms with Crippen LogP contribution < -0.4 is 0 Å². The van der Waals surface area contributed by atoms with Crippen molar-refractivity contribution in [2.45, 2.75) is 0 Å². The molecule has 13 heavy (non-hydrogen) atoms. The lowest BCUT2D eigenvalue weighted by Crippen LogP contribution is -1.99. The van der Waals surface area contributed by atoms with E-state index in [1.54, 1.807) is 18.2 Å². The first-order valence-electron chi connectivity index (χ1n) is 3.41. The Balaban J connectivity index is 2.89. The highest BCUT2D eigenvalue weighted by Crippen LogP contribution is 2.11. The number of hydrogen-bond donors (Lipinski definition) is 0. The molecule has 5 heteroatoms.